The first kappa shape index (κ1) is 15.7. The van der Waals surface area contributed by atoms with Crippen molar-refractivity contribution in [2.24, 2.45) is 16.7 Å². The molecular formula is C18H26N2O2. The highest BCUT2D eigenvalue weighted by Crippen LogP contribution is 2.55. The van der Waals surface area contributed by atoms with E-state index in [-0.39, 0.29) is 11.2 Å². The fourth-order valence-electron chi connectivity index (χ4n) is 5.02. The molecule has 0 unspecified atom stereocenters. The van der Waals surface area contributed by atoms with Gasteiger partial charge in [0.2, 0.25) is 0 Å². The summed E-state index contributed by atoms with van der Waals surface area (Å²) >= 11 is 0. The van der Waals surface area contributed by atoms with Gasteiger partial charge in [0, 0.05) is 24.5 Å². The van der Waals surface area contributed by atoms with Gasteiger partial charge in [0.25, 0.3) is 0 Å². The van der Waals surface area contributed by atoms with Gasteiger partial charge in [-0.05, 0) is 30.6 Å². The summed E-state index contributed by atoms with van der Waals surface area (Å²) in [4.78, 5) is 15.1. The SMILES string of the molecule is CC1(C)C(=O)C(C#N)=C[C@]2(C)C[C@@H](N3CCOCC3)CC[C@H]12. The smallest absolute Gasteiger partial charge is 0.178 e. The zero-order valence-corrected chi connectivity index (χ0v) is 13.9. The molecule has 2 fully saturated rings. The molecule has 0 amide bonds. The van der Waals surface area contributed by atoms with Gasteiger partial charge in [-0.2, -0.15) is 5.26 Å². The van der Waals surface area contributed by atoms with Crippen LogP contribution in [0.5, 0.6) is 0 Å². The molecule has 120 valence electrons. The summed E-state index contributed by atoms with van der Waals surface area (Å²) in [6.07, 6.45) is 5.23. The Balaban J connectivity index is 1.88. The number of fused-ring (bicyclic) bond motifs is 1. The molecule has 0 aromatic rings. The van der Waals surface area contributed by atoms with Crippen LogP contribution >= 0.6 is 0 Å². The highest BCUT2D eigenvalue weighted by atomic mass is 16.5. The topological polar surface area (TPSA) is 53.3 Å². The van der Waals surface area contributed by atoms with Crippen molar-refractivity contribution in [3.8, 4) is 6.07 Å². The lowest BCUT2D eigenvalue weighted by atomic mass is 9.52. The zero-order chi connectivity index (χ0) is 16.0. The molecule has 0 radical (unpaired) electrons. The van der Waals surface area contributed by atoms with Crippen LogP contribution in [0.1, 0.15) is 40.0 Å². The summed E-state index contributed by atoms with van der Waals surface area (Å²) in [5.41, 5.74) is -0.111. The summed E-state index contributed by atoms with van der Waals surface area (Å²) in [5.74, 6) is 0.365. The molecule has 22 heavy (non-hydrogen) atoms. The molecule has 0 bridgehead atoms. The lowest BCUT2D eigenvalue weighted by Crippen LogP contribution is -2.54. The quantitative estimate of drug-likeness (QED) is 0.747. The first-order valence-electron chi connectivity index (χ1n) is 8.38. The highest BCUT2D eigenvalue weighted by molar-refractivity contribution is 6.04. The molecule has 0 aromatic heterocycles. The minimum Gasteiger partial charge on any atom is -0.379 e. The third-order valence-corrected chi connectivity index (χ3v) is 6.12. The molecule has 2 aliphatic carbocycles. The fraction of sp³-hybridized carbons (Fsp3) is 0.778. The van der Waals surface area contributed by atoms with E-state index in [1.807, 2.05) is 19.9 Å². The van der Waals surface area contributed by atoms with E-state index in [0.29, 0.717) is 17.5 Å². The number of hydrogen-bond donors (Lipinski definition) is 0. The van der Waals surface area contributed by atoms with Crippen molar-refractivity contribution in [3.63, 3.8) is 0 Å². The number of hydrogen-bond acceptors (Lipinski definition) is 4. The maximum Gasteiger partial charge on any atom is 0.178 e. The molecule has 0 N–H and O–H groups in total. The van der Waals surface area contributed by atoms with E-state index in [1.165, 1.54) is 0 Å². The van der Waals surface area contributed by atoms with Gasteiger partial charge >= 0.3 is 0 Å². The van der Waals surface area contributed by atoms with E-state index in [9.17, 15) is 10.1 Å². The van der Waals surface area contributed by atoms with E-state index >= 15 is 0 Å². The number of carbonyl (C=O) groups is 1. The van der Waals surface area contributed by atoms with Crippen molar-refractivity contribution in [2.45, 2.75) is 46.1 Å². The van der Waals surface area contributed by atoms with Gasteiger partial charge in [0.15, 0.2) is 5.78 Å². The maximum atomic E-state index is 12.5. The highest BCUT2D eigenvalue weighted by Gasteiger charge is 2.53. The number of Topliss-reactive ketones (excluding diaryl/α,β-unsaturated/α-hetero) is 1. The molecule has 1 saturated carbocycles. The van der Waals surface area contributed by atoms with Crippen LogP contribution in [0.4, 0.5) is 0 Å². The number of carbonyl (C=O) groups excluding carboxylic acids is 1. The van der Waals surface area contributed by atoms with Crippen LogP contribution in [0.2, 0.25) is 0 Å². The van der Waals surface area contributed by atoms with Crippen molar-refractivity contribution in [1.82, 2.24) is 4.90 Å². The van der Waals surface area contributed by atoms with Gasteiger partial charge in [-0.25, -0.2) is 0 Å². The number of ketones is 1. The number of morpholine rings is 1. The Morgan fingerprint density at radius 1 is 1.27 bits per heavy atom. The van der Waals surface area contributed by atoms with Crippen molar-refractivity contribution in [2.75, 3.05) is 26.3 Å². The number of ether oxygens (including phenoxy) is 1. The molecule has 3 rings (SSSR count). The van der Waals surface area contributed by atoms with Crippen LogP contribution in [0.3, 0.4) is 0 Å². The molecule has 0 aromatic carbocycles. The Morgan fingerprint density at radius 3 is 2.59 bits per heavy atom. The molecule has 3 aliphatic rings. The number of allylic oxidation sites excluding steroid dienone is 2. The second-order valence-electron chi connectivity index (χ2n) is 7.86. The molecule has 1 heterocycles. The van der Waals surface area contributed by atoms with Crippen LogP contribution < -0.4 is 0 Å². The largest absolute Gasteiger partial charge is 0.379 e. The molecular weight excluding hydrogens is 276 g/mol. The lowest BCUT2D eigenvalue weighted by molar-refractivity contribution is -0.132. The summed E-state index contributed by atoms with van der Waals surface area (Å²) in [7, 11) is 0. The average molecular weight is 302 g/mol. The van der Waals surface area contributed by atoms with E-state index in [0.717, 1.165) is 45.6 Å². The summed E-state index contributed by atoms with van der Waals surface area (Å²) in [5, 5.41) is 9.35. The molecule has 3 atom stereocenters. The number of rotatable bonds is 1. The third-order valence-electron chi connectivity index (χ3n) is 6.12. The van der Waals surface area contributed by atoms with Gasteiger partial charge in [-0.15, -0.1) is 0 Å². The summed E-state index contributed by atoms with van der Waals surface area (Å²) < 4.78 is 5.46. The van der Waals surface area contributed by atoms with Crippen molar-refractivity contribution in [1.29, 1.82) is 5.26 Å². The third kappa shape index (κ3) is 2.41. The van der Waals surface area contributed by atoms with Crippen molar-refractivity contribution < 1.29 is 9.53 Å². The Hall–Kier alpha value is -1.18. The molecule has 4 nitrogen and oxygen atoms in total. The van der Waals surface area contributed by atoms with Crippen LogP contribution in [0.25, 0.3) is 0 Å². The maximum absolute atomic E-state index is 12.5. The molecule has 4 heteroatoms. The van der Waals surface area contributed by atoms with E-state index in [1.54, 1.807) is 0 Å². The standard InChI is InChI=1S/C18H26N2O2/c1-17(2)15-5-4-14(20-6-8-22-9-7-20)11-18(15,3)10-13(12-19)16(17)21/h10,14-15H,4-9,11H2,1-3H3/t14-,15+,18+/m0/s1. The Morgan fingerprint density at radius 2 is 1.95 bits per heavy atom. The summed E-state index contributed by atoms with van der Waals surface area (Å²) in [6.45, 7) is 9.94. The Labute approximate surface area is 133 Å². The normalized spacial score (nSPS) is 38.8. The Bertz CT molecular complexity index is 540. The van der Waals surface area contributed by atoms with Gasteiger partial charge in [-0.3, -0.25) is 9.69 Å². The summed E-state index contributed by atoms with van der Waals surface area (Å²) in [6, 6.07) is 2.69. The second-order valence-corrected chi connectivity index (χ2v) is 7.86. The molecule has 1 aliphatic heterocycles. The van der Waals surface area contributed by atoms with Crippen molar-refractivity contribution >= 4 is 5.78 Å². The van der Waals surface area contributed by atoms with Crippen LogP contribution in [0, 0.1) is 28.1 Å². The first-order chi connectivity index (χ1) is 10.4. The van der Waals surface area contributed by atoms with Crippen molar-refractivity contribution in [3.05, 3.63) is 11.6 Å². The predicted octanol–water partition coefficient (Wildman–Crippen LogP) is 2.55. The predicted molar refractivity (Wildman–Crippen MR) is 84.1 cm³/mol. The van der Waals surface area contributed by atoms with Crippen LogP contribution in [-0.4, -0.2) is 43.0 Å². The van der Waals surface area contributed by atoms with Gasteiger partial charge in [0.1, 0.15) is 6.07 Å². The lowest BCUT2D eigenvalue weighted by Gasteiger charge is -2.54. The van der Waals surface area contributed by atoms with E-state index in [4.69, 9.17) is 4.74 Å². The van der Waals surface area contributed by atoms with Gasteiger partial charge in [-0.1, -0.05) is 26.8 Å². The Kier molecular flexibility index (Phi) is 3.91. The number of nitrogens with zero attached hydrogens (tertiary/aromatic N) is 2. The van der Waals surface area contributed by atoms with E-state index in [2.05, 4.69) is 17.9 Å². The molecule has 0 spiro atoms. The first-order valence-corrected chi connectivity index (χ1v) is 8.38. The second kappa shape index (κ2) is 5.47. The van der Waals surface area contributed by atoms with Crippen LogP contribution in [-0.2, 0) is 9.53 Å². The van der Waals surface area contributed by atoms with Gasteiger partial charge < -0.3 is 4.74 Å². The average Bonchev–Trinajstić information content (AvgIpc) is 2.51. The van der Waals surface area contributed by atoms with Gasteiger partial charge in [0.05, 0.1) is 18.8 Å². The monoisotopic (exact) mass is 302 g/mol. The minimum absolute atomic E-state index is 0.0299. The number of nitriles is 1. The molecule has 1 saturated heterocycles. The zero-order valence-electron chi connectivity index (χ0n) is 13.9. The fourth-order valence-corrected chi connectivity index (χ4v) is 5.02. The van der Waals surface area contributed by atoms with Crippen LogP contribution in [0.15, 0.2) is 11.6 Å². The minimum atomic E-state index is -0.426. The van der Waals surface area contributed by atoms with E-state index < -0.39 is 5.41 Å².